The number of hydrogen-bond acceptors (Lipinski definition) is 5. The van der Waals surface area contributed by atoms with Crippen molar-refractivity contribution in [3.05, 3.63) is 23.9 Å². The summed E-state index contributed by atoms with van der Waals surface area (Å²) in [6.07, 6.45) is 3.67. The van der Waals surface area contributed by atoms with E-state index in [0.29, 0.717) is 19.3 Å². The number of benzene rings is 1. The van der Waals surface area contributed by atoms with E-state index >= 15 is 0 Å². The Balaban J connectivity index is 1.73. The number of amides is 2. The molecule has 1 fully saturated rings. The minimum Gasteiger partial charge on any atom is -0.490 e. The average molecular weight is 358 g/mol. The number of hydrogen-bond donors (Lipinski definition) is 2. The van der Waals surface area contributed by atoms with Crippen LogP contribution in [0.15, 0.2) is 18.2 Å². The second-order valence-corrected chi connectivity index (χ2v) is 6.88. The molecule has 1 atom stereocenters. The van der Waals surface area contributed by atoms with Crippen LogP contribution in [0, 0.1) is 0 Å². The van der Waals surface area contributed by atoms with Crippen molar-refractivity contribution in [2.45, 2.75) is 44.6 Å². The van der Waals surface area contributed by atoms with Gasteiger partial charge in [0, 0.05) is 30.8 Å². The van der Waals surface area contributed by atoms with Gasteiger partial charge in [-0.3, -0.25) is 19.6 Å². The Morgan fingerprint density at radius 1 is 1.46 bits per heavy atom. The van der Waals surface area contributed by atoms with E-state index < -0.39 is 0 Å². The van der Waals surface area contributed by atoms with Gasteiger partial charge in [0.25, 0.3) is 0 Å². The third kappa shape index (κ3) is 4.22. The van der Waals surface area contributed by atoms with Gasteiger partial charge in [-0.05, 0) is 44.5 Å². The molecular weight excluding hydrogens is 332 g/mol. The van der Waals surface area contributed by atoms with E-state index in [4.69, 9.17) is 4.74 Å². The standard InChI is InChI=1S/C19H26N4O3/c1-13(3-6-18(25)21-12-24)19-16-5-4-15(11-17(16)23(2)22-19)26-14-7-9-20-10-8-14/h4-5,11-14,20H,3,6-10H2,1-2H3,(H,21,24,25). The van der Waals surface area contributed by atoms with Gasteiger partial charge in [-0.1, -0.05) is 6.92 Å². The van der Waals surface area contributed by atoms with E-state index in [1.807, 2.05) is 23.9 Å². The topological polar surface area (TPSA) is 85.2 Å². The van der Waals surface area contributed by atoms with Gasteiger partial charge < -0.3 is 10.1 Å². The quantitative estimate of drug-likeness (QED) is 0.738. The number of ether oxygens (including phenoxy) is 1. The molecule has 1 unspecified atom stereocenters. The fraction of sp³-hybridized carbons (Fsp3) is 0.526. The molecule has 0 radical (unpaired) electrons. The minimum absolute atomic E-state index is 0.118. The highest BCUT2D eigenvalue weighted by atomic mass is 16.5. The largest absolute Gasteiger partial charge is 0.490 e. The zero-order valence-electron chi connectivity index (χ0n) is 15.3. The number of aromatic nitrogens is 2. The van der Waals surface area contributed by atoms with E-state index in [1.165, 1.54) is 0 Å². The number of nitrogens with zero attached hydrogens (tertiary/aromatic N) is 2. The molecule has 7 nitrogen and oxygen atoms in total. The SMILES string of the molecule is CC(CCC(=O)NC=O)c1nn(C)c2cc(OC3CCNCC3)ccc12. The first-order valence-corrected chi connectivity index (χ1v) is 9.15. The number of fused-ring (bicyclic) bond motifs is 1. The average Bonchev–Trinajstić information content (AvgIpc) is 2.97. The number of imide groups is 1. The van der Waals surface area contributed by atoms with Crippen molar-refractivity contribution in [3.63, 3.8) is 0 Å². The zero-order valence-corrected chi connectivity index (χ0v) is 15.3. The van der Waals surface area contributed by atoms with E-state index in [-0.39, 0.29) is 17.9 Å². The number of piperidine rings is 1. The Morgan fingerprint density at radius 3 is 2.96 bits per heavy atom. The summed E-state index contributed by atoms with van der Waals surface area (Å²) in [5.74, 6) is 0.731. The summed E-state index contributed by atoms with van der Waals surface area (Å²) in [7, 11) is 1.92. The van der Waals surface area contributed by atoms with Crippen molar-refractivity contribution < 1.29 is 14.3 Å². The van der Waals surface area contributed by atoms with Gasteiger partial charge in [-0.2, -0.15) is 5.10 Å². The Hall–Kier alpha value is -2.41. The van der Waals surface area contributed by atoms with Gasteiger partial charge in [0.05, 0.1) is 11.2 Å². The second-order valence-electron chi connectivity index (χ2n) is 6.88. The van der Waals surface area contributed by atoms with Gasteiger partial charge in [-0.25, -0.2) is 0 Å². The van der Waals surface area contributed by atoms with Gasteiger partial charge in [0.2, 0.25) is 12.3 Å². The smallest absolute Gasteiger partial charge is 0.226 e. The lowest BCUT2D eigenvalue weighted by molar-refractivity contribution is -0.125. The summed E-state index contributed by atoms with van der Waals surface area (Å²) in [6.45, 7) is 4.05. The third-order valence-electron chi connectivity index (χ3n) is 4.93. The Kier molecular flexibility index (Phi) is 5.88. The highest BCUT2D eigenvalue weighted by molar-refractivity contribution is 5.86. The van der Waals surface area contributed by atoms with Crippen LogP contribution >= 0.6 is 0 Å². The van der Waals surface area contributed by atoms with Crippen LogP contribution in [0.2, 0.25) is 0 Å². The number of aryl methyl sites for hydroxylation is 1. The predicted octanol–water partition coefficient (Wildman–Crippen LogP) is 1.86. The van der Waals surface area contributed by atoms with E-state index in [0.717, 1.165) is 48.3 Å². The fourth-order valence-corrected chi connectivity index (χ4v) is 3.43. The number of carbonyl (C=O) groups is 2. The lowest BCUT2D eigenvalue weighted by atomic mass is 9.98. The number of carbonyl (C=O) groups excluding carboxylic acids is 2. The summed E-state index contributed by atoms with van der Waals surface area (Å²) >= 11 is 0. The Morgan fingerprint density at radius 2 is 2.23 bits per heavy atom. The van der Waals surface area contributed by atoms with Crippen molar-refractivity contribution in [2.24, 2.45) is 7.05 Å². The van der Waals surface area contributed by atoms with Crippen LogP contribution in [-0.2, 0) is 16.6 Å². The molecule has 0 saturated carbocycles. The lowest BCUT2D eigenvalue weighted by Crippen LogP contribution is -2.34. The van der Waals surface area contributed by atoms with Crippen LogP contribution in [-0.4, -0.2) is 41.3 Å². The number of rotatable bonds is 7. The first-order valence-electron chi connectivity index (χ1n) is 9.15. The Labute approximate surface area is 153 Å². The van der Waals surface area contributed by atoms with Crippen molar-refractivity contribution in [1.82, 2.24) is 20.4 Å². The maximum absolute atomic E-state index is 11.5. The van der Waals surface area contributed by atoms with Gasteiger partial charge in [-0.15, -0.1) is 0 Å². The molecule has 0 aliphatic carbocycles. The summed E-state index contributed by atoms with van der Waals surface area (Å²) in [4.78, 5) is 21.8. The summed E-state index contributed by atoms with van der Waals surface area (Å²) in [5, 5.41) is 11.2. The molecule has 3 rings (SSSR count). The van der Waals surface area contributed by atoms with Gasteiger partial charge in [0.1, 0.15) is 11.9 Å². The maximum Gasteiger partial charge on any atom is 0.226 e. The molecule has 140 valence electrons. The normalized spacial score (nSPS) is 16.4. The second kappa shape index (κ2) is 8.31. The molecule has 2 aromatic rings. The third-order valence-corrected chi connectivity index (χ3v) is 4.93. The van der Waals surface area contributed by atoms with E-state index in [1.54, 1.807) is 0 Å². The van der Waals surface area contributed by atoms with Crippen molar-refractivity contribution in [3.8, 4) is 5.75 Å². The molecule has 0 bridgehead atoms. The van der Waals surface area contributed by atoms with Crippen LogP contribution < -0.4 is 15.4 Å². The van der Waals surface area contributed by atoms with Crippen LogP contribution in [0.4, 0.5) is 0 Å². The molecule has 2 heterocycles. The van der Waals surface area contributed by atoms with Crippen LogP contribution in [0.1, 0.15) is 44.2 Å². The molecule has 0 spiro atoms. The van der Waals surface area contributed by atoms with Gasteiger partial charge >= 0.3 is 0 Å². The molecule has 1 aromatic carbocycles. The minimum atomic E-state index is -0.259. The molecule has 26 heavy (non-hydrogen) atoms. The Bertz CT molecular complexity index is 780. The molecule has 1 aliphatic heterocycles. The molecule has 7 heteroatoms. The van der Waals surface area contributed by atoms with Crippen molar-refractivity contribution >= 4 is 23.2 Å². The zero-order chi connectivity index (χ0) is 18.5. The summed E-state index contributed by atoms with van der Waals surface area (Å²) < 4.78 is 7.99. The van der Waals surface area contributed by atoms with Crippen LogP contribution in [0.5, 0.6) is 5.75 Å². The fourth-order valence-electron chi connectivity index (χ4n) is 3.43. The molecule has 1 aromatic heterocycles. The van der Waals surface area contributed by atoms with Gasteiger partial charge in [0.15, 0.2) is 0 Å². The lowest BCUT2D eigenvalue weighted by Gasteiger charge is -2.23. The molecule has 2 N–H and O–H groups in total. The van der Waals surface area contributed by atoms with Crippen molar-refractivity contribution in [1.29, 1.82) is 0 Å². The highest BCUT2D eigenvalue weighted by Crippen LogP contribution is 2.30. The molecule has 2 amide bonds. The maximum atomic E-state index is 11.5. The molecule has 1 saturated heterocycles. The van der Waals surface area contributed by atoms with Crippen LogP contribution in [0.25, 0.3) is 10.9 Å². The molecule has 1 aliphatic rings. The molecular formula is C19H26N4O3. The highest BCUT2D eigenvalue weighted by Gasteiger charge is 2.18. The van der Waals surface area contributed by atoms with E-state index in [9.17, 15) is 9.59 Å². The number of nitrogens with one attached hydrogen (secondary N) is 2. The predicted molar refractivity (Wildman–Crippen MR) is 99.1 cm³/mol. The van der Waals surface area contributed by atoms with Crippen LogP contribution in [0.3, 0.4) is 0 Å². The first-order chi connectivity index (χ1) is 12.6. The summed E-state index contributed by atoms with van der Waals surface area (Å²) in [5.41, 5.74) is 1.99. The summed E-state index contributed by atoms with van der Waals surface area (Å²) in [6, 6.07) is 6.09. The van der Waals surface area contributed by atoms with Crippen molar-refractivity contribution in [2.75, 3.05) is 13.1 Å². The first kappa shape index (κ1) is 18.4. The monoisotopic (exact) mass is 358 g/mol. The van der Waals surface area contributed by atoms with E-state index in [2.05, 4.69) is 28.7 Å².